The molecule has 0 saturated carbocycles. The van der Waals surface area contributed by atoms with Gasteiger partial charge in [0.05, 0.1) is 11.7 Å². The standard InChI is InChI=1S/C13H15BrN2S/c1-15-12(5-4-10-6-8-17-9-10)13-11(14)3-2-7-16-13/h2-3,6-9,12,15H,4-5H2,1H3. The Hall–Kier alpha value is -0.710. The van der Waals surface area contributed by atoms with E-state index in [4.69, 9.17) is 0 Å². The number of hydrogen-bond donors (Lipinski definition) is 1. The molecule has 2 heterocycles. The van der Waals surface area contributed by atoms with Gasteiger partial charge in [-0.3, -0.25) is 4.98 Å². The van der Waals surface area contributed by atoms with Crippen molar-refractivity contribution in [3.63, 3.8) is 0 Å². The van der Waals surface area contributed by atoms with Gasteiger partial charge in [-0.2, -0.15) is 11.3 Å². The number of nitrogens with zero attached hydrogens (tertiary/aromatic N) is 1. The zero-order chi connectivity index (χ0) is 12.1. The molecule has 1 N–H and O–H groups in total. The molecule has 0 aromatic carbocycles. The normalized spacial score (nSPS) is 12.6. The fraction of sp³-hybridized carbons (Fsp3) is 0.308. The summed E-state index contributed by atoms with van der Waals surface area (Å²) in [5, 5.41) is 7.67. The molecule has 0 aliphatic rings. The van der Waals surface area contributed by atoms with Crippen molar-refractivity contribution >= 4 is 27.3 Å². The molecule has 1 unspecified atom stereocenters. The third kappa shape index (κ3) is 3.37. The molecule has 0 fully saturated rings. The Balaban J connectivity index is 2.04. The van der Waals surface area contributed by atoms with E-state index >= 15 is 0 Å². The summed E-state index contributed by atoms with van der Waals surface area (Å²) in [6, 6.07) is 6.46. The van der Waals surface area contributed by atoms with Crippen molar-refractivity contribution in [3.8, 4) is 0 Å². The van der Waals surface area contributed by atoms with Crippen LogP contribution in [0.15, 0.2) is 39.6 Å². The van der Waals surface area contributed by atoms with Crippen molar-refractivity contribution in [1.82, 2.24) is 10.3 Å². The highest BCUT2D eigenvalue weighted by Crippen LogP contribution is 2.24. The quantitative estimate of drug-likeness (QED) is 0.908. The largest absolute Gasteiger partial charge is 0.312 e. The average molecular weight is 311 g/mol. The van der Waals surface area contributed by atoms with Crippen LogP contribution in [0.2, 0.25) is 0 Å². The lowest BCUT2D eigenvalue weighted by Gasteiger charge is -2.16. The first kappa shape index (κ1) is 12.7. The third-order valence-corrected chi connectivity index (χ3v) is 4.17. The molecule has 90 valence electrons. The smallest absolute Gasteiger partial charge is 0.0714 e. The van der Waals surface area contributed by atoms with Crippen LogP contribution in [-0.4, -0.2) is 12.0 Å². The molecule has 0 radical (unpaired) electrons. The zero-order valence-electron chi connectivity index (χ0n) is 9.69. The number of rotatable bonds is 5. The molecule has 1 atom stereocenters. The van der Waals surface area contributed by atoms with Crippen LogP contribution in [0, 0.1) is 0 Å². The summed E-state index contributed by atoms with van der Waals surface area (Å²) in [7, 11) is 1.99. The molecule has 0 saturated heterocycles. The van der Waals surface area contributed by atoms with E-state index in [-0.39, 0.29) is 0 Å². The summed E-state index contributed by atoms with van der Waals surface area (Å²) in [6.07, 6.45) is 3.98. The number of pyridine rings is 1. The van der Waals surface area contributed by atoms with Gasteiger partial charge in [0.25, 0.3) is 0 Å². The molecule has 2 nitrogen and oxygen atoms in total. The monoisotopic (exact) mass is 310 g/mol. The highest BCUT2D eigenvalue weighted by atomic mass is 79.9. The highest BCUT2D eigenvalue weighted by molar-refractivity contribution is 9.10. The van der Waals surface area contributed by atoms with E-state index in [9.17, 15) is 0 Å². The Bertz CT molecular complexity index is 456. The van der Waals surface area contributed by atoms with Crippen molar-refractivity contribution in [3.05, 3.63) is 50.9 Å². The van der Waals surface area contributed by atoms with Crippen LogP contribution in [-0.2, 0) is 6.42 Å². The number of thiophene rings is 1. The molecule has 2 aromatic heterocycles. The van der Waals surface area contributed by atoms with Gasteiger partial charge in [0, 0.05) is 10.7 Å². The molecule has 2 rings (SSSR count). The lowest BCUT2D eigenvalue weighted by molar-refractivity contribution is 0.534. The van der Waals surface area contributed by atoms with Crippen LogP contribution >= 0.6 is 27.3 Å². The number of nitrogens with one attached hydrogen (secondary N) is 1. The summed E-state index contributed by atoms with van der Waals surface area (Å²) in [4.78, 5) is 4.44. The van der Waals surface area contributed by atoms with Crippen molar-refractivity contribution in [2.24, 2.45) is 0 Å². The molecule has 0 spiro atoms. The zero-order valence-corrected chi connectivity index (χ0v) is 12.1. The molecule has 17 heavy (non-hydrogen) atoms. The SMILES string of the molecule is CNC(CCc1ccsc1)c1ncccc1Br. The van der Waals surface area contributed by atoms with Crippen LogP contribution in [0.5, 0.6) is 0 Å². The molecule has 0 aliphatic carbocycles. The van der Waals surface area contributed by atoms with Crippen molar-refractivity contribution < 1.29 is 0 Å². The Morgan fingerprint density at radius 2 is 2.35 bits per heavy atom. The second-order valence-electron chi connectivity index (χ2n) is 3.88. The Morgan fingerprint density at radius 3 is 3.00 bits per heavy atom. The number of halogens is 1. The fourth-order valence-electron chi connectivity index (χ4n) is 1.82. The second kappa shape index (κ2) is 6.28. The maximum absolute atomic E-state index is 4.44. The Kier molecular flexibility index (Phi) is 4.71. The van der Waals surface area contributed by atoms with Crippen LogP contribution < -0.4 is 5.32 Å². The average Bonchev–Trinajstić information content (AvgIpc) is 2.85. The van der Waals surface area contributed by atoms with E-state index in [1.807, 2.05) is 25.4 Å². The first-order valence-corrected chi connectivity index (χ1v) is 7.33. The van der Waals surface area contributed by atoms with E-state index in [2.05, 4.69) is 43.1 Å². The first-order valence-electron chi connectivity index (χ1n) is 5.60. The number of hydrogen-bond acceptors (Lipinski definition) is 3. The van der Waals surface area contributed by atoms with E-state index < -0.39 is 0 Å². The predicted octanol–water partition coefficient (Wildman–Crippen LogP) is 3.80. The van der Waals surface area contributed by atoms with E-state index in [1.165, 1.54) is 5.56 Å². The fourth-order valence-corrected chi connectivity index (χ4v) is 3.05. The first-order chi connectivity index (χ1) is 8.31. The van der Waals surface area contributed by atoms with Gasteiger partial charge in [0.15, 0.2) is 0 Å². The molecule has 2 aromatic rings. The lowest BCUT2D eigenvalue weighted by Crippen LogP contribution is -2.18. The van der Waals surface area contributed by atoms with Gasteiger partial charge in [-0.25, -0.2) is 0 Å². The summed E-state index contributed by atoms with van der Waals surface area (Å²) in [6.45, 7) is 0. The minimum Gasteiger partial charge on any atom is -0.312 e. The molecule has 4 heteroatoms. The topological polar surface area (TPSA) is 24.9 Å². The van der Waals surface area contributed by atoms with Crippen LogP contribution in [0.3, 0.4) is 0 Å². The van der Waals surface area contributed by atoms with E-state index in [0.717, 1.165) is 23.0 Å². The lowest BCUT2D eigenvalue weighted by atomic mass is 10.0. The van der Waals surface area contributed by atoms with Gasteiger partial charge < -0.3 is 5.32 Å². The van der Waals surface area contributed by atoms with Gasteiger partial charge in [-0.1, -0.05) is 0 Å². The third-order valence-electron chi connectivity index (χ3n) is 2.77. The van der Waals surface area contributed by atoms with Gasteiger partial charge >= 0.3 is 0 Å². The van der Waals surface area contributed by atoms with Crippen LogP contribution in [0.4, 0.5) is 0 Å². The van der Waals surface area contributed by atoms with E-state index in [0.29, 0.717) is 6.04 Å². The highest BCUT2D eigenvalue weighted by Gasteiger charge is 2.13. The summed E-state index contributed by atoms with van der Waals surface area (Å²) >= 11 is 5.31. The van der Waals surface area contributed by atoms with Gasteiger partial charge in [-0.15, -0.1) is 0 Å². The minimum atomic E-state index is 0.297. The molecule has 0 aliphatic heterocycles. The Labute approximate surface area is 114 Å². The summed E-state index contributed by atoms with van der Waals surface area (Å²) < 4.78 is 1.07. The second-order valence-corrected chi connectivity index (χ2v) is 5.52. The van der Waals surface area contributed by atoms with Gasteiger partial charge in [0.1, 0.15) is 0 Å². The summed E-state index contributed by atoms with van der Waals surface area (Å²) in [5.74, 6) is 0. The molecule has 0 bridgehead atoms. The predicted molar refractivity (Wildman–Crippen MR) is 76.4 cm³/mol. The maximum atomic E-state index is 4.44. The van der Waals surface area contributed by atoms with Crippen molar-refractivity contribution in [2.75, 3.05) is 7.05 Å². The van der Waals surface area contributed by atoms with E-state index in [1.54, 1.807) is 11.3 Å². The van der Waals surface area contributed by atoms with Crippen molar-refractivity contribution in [1.29, 1.82) is 0 Å². The number of aromatic nitrogens is 1. The molecular formula is C13H15BrN2S. The van der Waals surface area contributed by atoms with Crippen molar-refractivity contribution in [2.45, 2.75) is 18.9 Å². The van der Waals surface area contributed by atoms with Gasteiger partial charge in [0.2, 0.25) is 0 Å². The number of aryl methyl sites for hydroxylation is 1. The molecular weight excluding hydrogens is 296 g/mol. The minimum absolute atomic E-state index is 0.297. The van der Waals surface area contributed by atoms with Gasteiger partial charge in [-0.05, 0) is 70.3 Å². The molecule has 0 amide bonds. The van der Waals surface area contributed by atoms with Crippen LogP contribution in [0.1, 0.15) is 23.7 Å². The van der Waals surface area contributed by atoms with Crippen LogP contribution in [0.25, 0.3) is 0 Å². The summed E-state index contributed by atoms with van der Waals surface area (Å²) in [5.41, 5.74) is 2.49. The Morgan fingerprint density at radius 1 is 1.47 bits per heavy atom. The maximum Gasteiger partial charge on any atom is 0.0714 e.